The second-order valence-corrected chi connectivity index (χ2v) is 7.05. The topological polar surface area (TPSA) is 15.3 Å². The van der Waals surface area contributed by atoms with Gasteiger partial charge in [-0.3, -0.25) is 4.90 Å². The van der Waals surface area contributed by atoms with E-state index in [9.17, 15) is 13.2 Å². The van der Waals surface area contributed by atoms with Crippen molar-refractivity contribution in [2.24, 2.45) is 0 Å². The van der Waals surface area contributed by atoms with Gasteiger partial charge < -0.3 is 5.32 Å². The van der Waals surface area contributed by atoms with Gasteiger partial charge in [-0.2, -0.15) is 13.2 Å². The first-order valence-electron chi connectivity index (χ1n) is 8.30. The van der Waals surface area contributed by atoms with Crippen LogP contribution < -0.4 is 5.32 Å². The van der Waals surface area contributed by atoms with Crippen LogP contribution in [0, 0.1) is 0 Å². The maximum atomic E-state index is 12.4. The van der Waals surface area contributed by atoms with Crippen molar-refractivity contribution in [2.45, 2.75) is 49.1 Å². The highest BCUT2D eigenvalue weighted by Gasteiger charge is 2.29. The van der Waals surface area contributed by atoms with Gasteiger partial charge in [-0.25, -0.2) is 0 Å². The van der Waals surface area contributed by atoms with E-state index in [1.165, 1.54) is 12.8 Å². The highest BCUT2D eigenvalue weighted by atomic mass is 32.2. The molecule has 1 aromatic rings. The maximum Gasteiger partial charge on any atom is 0.446 e. The number of thioether (sulfide) groups is 1. The van der Waals surface area contributed by atoms with Crippen LogP contribution in [0.1, 0.15) is 44.2 Å². The van der Waals surface area contributed by atoms with Crippen LogP contribution in [0.5, 0.6) is 0 Å². The molecule has 1 atom stereocenters. The molecule has 0 unspecified atom stereocenters. The van der Waals surface area contributed by atoms with E-state index in [0.29, 0.717) is 6.04 Å². The molecule has 0 spiro atoms. The predicted octanol–water partition coefficient (Wildman–Crippen LogP) is 4.83. The Morgan fingerprint density at radius 3 is 2.35 bits per heavy atom. The summed E-state index contributed by atoms with van der Waals surface area (Å²) in [5, 5.41) is 3.35. The van der Waals surface area contributed by atoms with E-state index in [2.05, 4.69) is 17.1 Å². The van der Waals surface area contributed by atoms with E-state index in [1.807, 2.05) is 12.1 Å². The van der Waals surface area contributed by atoms with E-state index in [-0.39, 0.29) is 16.7 Å². The van der Waals surface area contributed by atoms with E-state index in [1.54, 1.807) is 12.1 Å². The number of hydrogen-bond acceptors (Lipinski definition) is 3. The molecule has 6 heteroatoms. The standard InChI is InChI=1S/C17H25F3N2S/c1-2-3-4-5-16(22-12-10-21-11-13-22)14-6-8-15(9-7-14)23-17(18,19)20/h6-9,16,21H,2-5,10-13H2,1H3/t16-/m0/s1. The molecule has 1 fully saturated rings. The molecule has 130 valence electrons. The summed E-state index contributed by atoms with van der Waals surface area (Å²) in [7, 11) is 0. The lowest BCUT2D eigenvalue weighted by Gasteiger charge is -2.35. The minimum Gasteiger partial charge on any atom is -0.314 e. The molecule has 1 saturated heterocycles. The molecular weight excluding hydrogens is 321 g/mol. The zero-order valence-corrected chi connectivity index (χ0v) is 14.3. The highest BCUT2D eigenvalue weighted by Crippen LogP contribution is 2.37. The number of halogens is 3. The Bertz CT molecular complexity index is 456. The average Bonchev–Trinajstić information content (AvgIpc) is 2.52. The molecule has 2 nitrogen and oxygen atoms in total. The zero-order chi connectivity index (χ0) is 16.7. The number of hydrogen-bond donors (Lipinski definition) is 1. The van der Waals surface area contributed by atoms with Gasteiger partial charge in [0.05, 0.1) is 0 Å². The van der Waals surface area contributed by atoms with E-state index >= 15 is 0 Å². The summed E-state index contributed by atoms with van der Waals surface area (Å²) >= 11 is -0.0454. The minimum absolute atomic E-state index is 0.0454. The first kappa shape index (κ1) is 18.6. The van der Waals surface area contributed by atoms with Gasteiger partial charge >= 0.3 is 5.51 Å². The molecule has 0 saturated carbocycles. The third kappa shape index (κ3) is 6.36. The Morgan fingerprint density at radius 1 is 1.13 bits per heavy atom. The second-order valence-electron chi connectivity index (χ2n) is 5.91. The molecule has 1 aliphatic rings. The van der Waals surface area contributed by atoms with Crippen LogP contribution in [0.4, 0.5) is 13.2 Å². The highest BCUT2D eigenvalue weighted by molar-refractivity contribution is 8.00. The molecule has 1 aromatic carbocycles. The van der Waals surface area contributed by atoms with Gasteiger partial charge in [-0.15, -0.1) is 0 Å². The van der Waals surface area contributed by atoms with Gasteiger partial charge in [0.25, 0.3) is 0 Å². The molecule has 0 aliphatic carbocycles. The molecule has 0 radical (unpaired) electrons. The fourth-order valence-corrected chi connectivity index (χ4v) is 3.57. The average molecular weight is 346 g/mol. The molecule has 0 bridgehead atoms. The van der Waals surface area contributed by atoms with Crippen molar-refractivity contribution in [3.05, 3.63) is 29.8 Å². The summed E-state index contributed by atoms with van der Waals surface area (Å²) in [4.78, 5) is 2.71. The number of nitrogens with zero attached hydrogens (tertiary/aromatic N) is 1. The zero-order valence-electron chi connectivity index (χ0n) is 13.5. The van der Waals surface area contributed by atoms with E-state index in [0.717, 1.165) is 44.6 Å². The molecule has 0 aromatic heterocycles. The third-order valence-corrected chi connectivity index (χ3v) is 4.91. The SMILES string of the molecule is CCCCC[C@@H](c1ccc(SC(F)(F)F)cc1)N1CCNCC1. The van der Waals surface area contributed by atoms with Crippen LogP contribution in [-0.4, -0.2) is 36.6 Å². The first-order chi connectivity index (χ1) is 11.0. The van der Waals surface area contributed by atoms with E-state index < -0.39 is 5.51 Å². The Labute approximate surface area is 140 Å². The lowest BCUT2D eigenvalue weighted by atomic mass is 9.98. The molecule has 0 amide bonds. The van der Waals surface area contributed by atoms with Crippen molar-refractivity contribution in [1.29, 1.82) is 0 Å². The van der Waals surface area contributed by atoms with Crippen molar-refractivity contribution in [3.8, 4) is 0 Å². The fourth-order valence-electron chi connectivity index (χ4n) is 3.03. The van der Waals surface area contributed by atoms with Crippen LogP contribution in [0.2, 0.25) is 0 Å². The van der Waals surface area contributed by atoms with Crippen molar-refractivity contribution < 1.29 is 13.2 Å². The largest absolute Gasteiger partial charge is 0.446 e. The molecule has 2 rings (SSSR count). The van der Waals surface area contributed by atoms with Crippen LogP contribution in [0.25, 0.3) is 0 Å². The van der Waals surface area contributed by atoms with Gasteiger partial charge in [0, 0.05) is 37.1 Å². The van der Waals surface area contributed by atoms with Crippen molar-refractivity contribution in [2.75, 3.05) is 26.2 Å². The summed E-state index contributed by atoms with van der Waals surface area (Å²) in [6, 6.07) is 7.25. The molecule has 1 heterocycles. The minimum atomic E-state index is -4.22. The fraction of sp³-hybridized carbons (Fsp3) is 0.647. The summed E-state index contributed by atoms with van der Waals surface area (Å²) in [6.07, 6.45) is 4.60. The van der Waals surface area contributed by atoms with Crippen LogP contribution in [-0.2, 0) is 0 Å². The summed E-state index contributed by atoms with van der Waals surface area (Å²) in [5.41, 5.74) is -3.09. The lowest BCUT2D eigenvalue weighted by molar-refractivity contribution is -0.0328. The number of piperazine rings is 1. The number of alkyl halides is 3. The Balaban J connectivity index is 2.07. The normalized spacial score (nSPS) is 18.1. The summed E-state index contributed by atoms with van der Waals surface area (Å²) < 4.78 is 37.3. The number of rotatable bonds is 7. The lowest BCUT2D eigenvalue weighted by Crippen LogP contribution is -2.45. The second kappa shape index (κ2) is 8.94. The number of nitrogens with one attached hydrogen (secondary N) is 1. The molecule has 23 heavy (non-hydrogen) atoms. The van der Waals surface area contributed by atoms with Crippen molar-refractivity contribution >= 4 is 11.8 Å². The number of benzene rings is 1. The monoisotopic (exact) mass is 346 g/mol. The third-order valence-electron chi connectivity index (χ3n) is 4.17. The van der Waals surface area contributed by atoms with Crippen LogP contribution in [0.3, 0.4) is 0 Å². The van der Waals surface area contributed by atoms with Crippen LogP contribution >= 0.6 is 11.8 Å². The smallest absolute Gasteiger partial charge is 0.314 e. The van der Waals surface area contributed by atoms with Gasteiger partial charge in [-0.1, -0.05) is 38.3 Å². The maximum absolute atomic E-state index is 12.4. The van der Waals surface area contributed by atoms with Gasteiger partial charge in [-0.05, 0) is 35.9 Å². The van der Waals surface area contributed by atoms with Crippen molar-refractivity contribution in [3.63, 3.8) is 0 Å². The summed E-state index contributed by atoms with van der Waals surface area (Å²) in [6.45, 7) is 6.13. The predicted molar refractivity (Wildman–Crippen MR) is 89.7 cm³/mol. The molecule has 1 N–H and O–H groups in total. The quantitative estimate of drug-likeness (QED) is 0.563. The van der Waals surface area contributed by atoms with Crippen molar-refractivity contribution in [1.82, 2.24) is 10.2 Å². The Hall–Kier alpha value is -0.720. The van der Waals surface area contributed by atoms with Gasteiger partial charge in [0.15, 0.2) is 0 Å². The first-order valence-corrected chi connectivity index (χ1v) is 9.11. The number of unbranched alkanes of at least 4 members (excludes halogenated alkanes) is 2. The van der Waals surface area contributed by atoms with E-state index in [4.69, 9.17) is 0 Å². The Morgan fingerprint density at radius 2 is 1.78 bits per heavy atom. The summed E-state index contributed by atoms with van der Waals surface area (Å²) in [5.74, 6) is 0. The van der Waals surface area contributed by atoms with Crippen LogP contribution in [0.15, 0.2) is 29.2 Å². The Kier molecular flexibility index (Phi) is 7.24. The van der Waals surface area contributed by atoms with Gasteiger partial charge in [0.1, 0.15) is 0 Å². The van der Waals surface area contributed by atoms with Gasteiger partial charge in [0.2, 0.25) is 0 Å². The molecule has 1 aliphatic heterocycles. The molecular formula is C17H25F3N2S.